The number of hydrogen-bond acceptors (Lipinski definition) is 4. The van der Waals surface area contributed by atoms with Gasteiger partial charge in [-0.3, -0.25) is 9.36 Å². The number of aromatic nitrogens is 2. The van der Waals surface area contributed by atoms with E-state index in [9.17, 15) is 9.90 Å². The van der Waals surface area contributed by atoms with E-state index in [-0.39, 0.29) is 17.6 Å². The Morgan fingerprint density at radius 1 is 1.47 bits per heavy atom. The Kier molecular flexibility index (Phi) is 3.41. The van der Waals surface area contributed by atoms with E-state index in [1.165, 1.54) is 11.3 Å². The van der Waals surface area contributed by atoms with Gasteiger partial charge in [0.2, 0.25) is 0 Å². The number of aryl methyl sites for hydroxylation is 1. The third-order valence-electron chi connectivity index (χ3n) is 4.04. The minimum absolute atomic E-state index is 0.0292. The lowest BCUT2D eigenvalue weighted by molar-refractivity contribution is 0.0600. The van der Waals surface area contributed by atoms with E-state index < -0.39 is 0 Å². The molecule has 2 heterocycles. The molecule has 1 fully saturated rings. The fourth-order valence-corrected chi connectivity index (χ4v) is 3.77. The molecule has 2 aromatic rings. The van der Waals surface area contributed by atoms with Gasteiger partial charge < -0.3 is 5.11 Å². The van der Waals surface area contributed by atoms with Crippen LogP contribution in [0.3, 0.4) is 0 Å². The summed E-state index contributed by atoms with van der Waals surface area (Å²) in [5.41, 5.74) is 1.03. The van der Waals surface area contributed by atoms with Crippen molar-refractivity contribution in [3.05, 3.63) is 27.6 Å². The van der Waals surface area contributed by atoms with Crippen LogP contribution in [0.4, 0.5) is 0 Å². The van der Waals surface area contributed by atoms with Crippen LogP contribution in [0.2, 0.25) is 0 Å². The van der Waals surface area contributed by atoms with Crippen LogP contribution in [0, 0.1) is 12.8 Å². The second-order valence-corrected chi connectivity index (χ2v) is 6.27. The molecule has 102 valence electrons. The second kappa shape index (κ2) is 5.06. The summed E-state index contributed by atoms with van der Waals surface area (Å²) in [5.74, 6) is 0.185. The summed E-state index contributed by atoms with van der Waals surface area (Å²) < 4.78 is 1.67. The Morgan fingerprint density at radius 3 is 3.05 bits per heavy atom. The summed E-state index contributed by atoms with van der Waals surface area (Å²) in [4.78, 5) is 17.6. The Morgan fingerprint density at radius 2 is 2.26 bits per heavy atom. The van der Waals surface area contributed by atoms with Gasteiger partial charge in [0.1, 0.15) is 4.83 Å². The van der Waals surface area contributed by atoms with E-state index in [1.54, 1.807) is 10.9 Å². The highest BCUT2D eigenvalue weighted by molar-refractivity contribution is 7.16. The fourth-order valence-electron chi connectivity index (χ4n) is 2.89. The predicted molar refractivity (Wildman–Crippen MR) is 76.6 cm³/mol. The Labute approximate surface area is 115 Å². The summed E-state index contributed by atoms with van der Waals surface area (Å²) in [6, 6.07) is 0. The van der Waals surface area contributed by atoms with Crippen molar-refractivity contribution in [1.29, 1.82) is 0 Å². The largest absolute Gasteiger partial charge is 0.393 e. The first kappa shape index (κ1) is 12.8. The van der Waals surface area contributed by atoms with E-state index in [1.807, 2.05) is 12.3 Å². The molecule has 1 saturated carbocycles. The summed E-state index contributed by atoms with van der Waals surface area (Å²) in [6.07, 6.45) is 5.43. The number of nitrogens with zero attached hydrogens (tertiary/aromatic N) is 2. The lowest BCUT2D eigenvalue weighted by Crippen LogP contribution is -2.32. The molecule has 3 rings (SSSR count). The molecule has 5 heteroatoms. The van der Waals surface area contributed by atoms with Gasteiger partial charge in [0.25, 0.3) is 5.56 Å². The molecule has 2 aromatic heterocycles. The Balaban J connectivity index is 1.94. The molecule has 1 aliphatic rings. The molecule has 0 aliphatic heterocycles. The lowest BCUT2D eigenvalue weighted by atomic mass is 9.86. The Bertz CT molecular complexity index is 646. The molecule has 0 saturated heterocycles. The second-order valence-electron chi connectivity index (χ2n) is 5.41. The average molecular weight is 278 g/mol. The van der Waals surface area contributed by atoms with Gasteiger partial charge >= 0.3 is 0 Å². The van der Waals surface area contributed by atoms with Gasteiger partial charge in [0.05, 0.1) is 17.8 Å². The van der Waals surface area contributed by atoms with Crippen molar-refractivity contribution in [2.75, 3.05) is 0 Å². The van der Waals surface area contributed by atoms with Crippen LogP contribution in [-0.2, 0) is 6.54 Å². The van der Waals surface area contributed by atoms with Gasteiger partial charge in [-0.15, -0.1) is 11.3 Å². The van der Waals surface area contributed by atoms with Crippen LogP contribution in [0.25, 0.3) is 10.2 Å². The highest BCUT2D eigenvalue weighted by atomic mass is 32.1. The van der Waals surface area contributed by atoms with Crippen molar-refractivity contribution in [3.63, 3.8) is 0 Å². The molecular formula is C14H18N2O2S. The molecule has 0 amide bonds. The van der Waals surface area contributed by atoms with Gasteiger partial charge in [-0.25, -0.2) is 4.98 Å². The maximum atomic E-state index is 12.4. The predicted octanol–water partition coefficient (Wildman–Crippen LogP) is 2.32. The van der Waals surface area contributed by atoms with Gasteiger partial charge in [0, 0.05) is 12.5 Å². The number of thiophene rings is 1. The first-order valence-corrected chi connectivity index (χ1v) is 7.66. The molecule has 19 heavy (non-hydrogen) atoms. The van der Waals surface area contributed by atoms with Crippen LogP contribution in [0.5, 0.6) is 0 Å². The molecule has 4 nitrogen and oxygen atoms in total. The molecule has 1 aliphatic carbocycles. The molecule has 0 radical (unpaired) electrons. The number of aliphatic hydroxyl groups excluding tert-OH is 1. The van der Waals surface area contributed by atoms with Crippen molar-refractivity contribution in [2.24, 2.45) is 5.92 Å². The van der Waals surface area contributed by atoms with E-state index in [0.29, 0.717) is 6.54 Å². The minimum Gasteiger partial charge on any atom is -0.393 e. The Hall–Kier alpha value is -1.20. The maximum absolute atomic E-state index is 12.4. The molecule has 0 unspecified atom stereocenters. The minimum atomic E-state index is -0.278. The maximum Gasteiger partial charge on any atom is 0.262 e. The fraction of sp³-hybridized carbons (Fsp3) is 0.571. The molecule has 0 aromatic carbocycles. The number of aliphatic hydroxyl groups is 1. The zero-order valence-electron chi connectivity index (χ0n) is 11.0. The molecule has 1 N–H and O–H groups in total. The topological polar surface area (TPSA) is 55.1 Å². The zero-order valence-corrected chi connectivity index (χ0v) is 11.8. The van der Waals surface area contributed by atoms with Crippen LogP contribution in [0.1, 0.15) is 31.2 Å². The third kappa shape index (κ3) is 2.32. The number of hydrogen-bond donors (Lipinski definition) is 1. The summed E-state index contributed by atoms with van der Waals surface area (Å²) in [5, 5.41) is 12.7. The highest BCUT2D eigenvalue weighted by Crippen LogP contribution is 2.26. The van der Waals surface area contributed by atoms with Gasteiger partial charge in [-0.05, 0) is 30.7 Å². The standard InChI is InChI=1S/C14H18N2O2S/c1-9-7-19-13-12(9)14(18)16(8-15-13)6-10-4-2-3-5-11(10)17/h7-8,10-11,17H,2-6H2,1H3/t10-,11-/m1/s1. The number of fused-ring (bicyclic) bond motifs is 1. The zero-order chi connectivity index (χ0) is 13.4. The van der Waals surface area contributed by atoms with Gasteiger partial charge in [-0.1, -0.05) is 12.8 Å². The number of rotatable bonds is 2. The van der Waals surface area contributed by atoms with E-state index in [0.717, 1.165) is 41.5 Å². The SMILES string of the molecule is Cc1csc2ncn(C[C@H]3CCCC[C@H]3O)c(=O)c12. The van der Waals surface area contributed by atoms with Crippen molar-refractivity contribution >= 4 is 21.6 Å². The van der Waals surface area contributed by atoms with Crippen LogP contribution in [-0.4, -0.2) is 20.8 Å². The first-order chi connectivity index (χ1) is 9.16. The highest BCUT2D eigenvalue weighted by Gasteiger charge is 2.24. The van der Waals surface area contributed by atoms with Crippen molar-refractivity contribution in [2.45, 2.75) is 45.3 Å². The van der Waals surface area contributed by atoms with E-state index >= 15 is 0 Å². The summed E-state index contributed by atoms with van der Waals surface area (Å²) >= 11 is 1.51. The van der Waals surface area contributed by atoms with Crippen molar-refractivity contribution in [3.8, 4) is 0 Å². The normalized spacial score (nSPS) is 23.9. The van der Waals surface area contributed by atoms with Crippen molar-refractivity contribution < 1.29 is 5.11 Å². The molecule has 0 bridgehead atoms. The summed E-state index contributed by atoms with van der Waals surface area (Å²) in [6.45, 7) is 2.53. The first-order valence-electron chi connectivity index (χ1n) is 6.78. The smallest absolute Gasteiger partial charge is 0.262 e. The van der Waals surface area contributed by atoms with Crippen LogP contribution < -0.4 is 5.56 Å². The monoisotopic (exact) mass is 278 g/mol. The lowest BCUT2D eigenvalue weighted by Gasteiger charge is -2.27. The summed E-state index contributed by atoms with van der Waals surface area (Å²) in [7, 11) is 0. The van der Waals surface area contributed by atoms with Crippen LogP contribution >= 0.6 is 11.3 Å². The van der Waals surface area contributed by atoms with E-state index in [2.05, 4.69) is 4.98 Å². The molecular weight excluding hydrogens is 260 g/mol. The van der Waals surface area contributed by atoms with Gasteiger partial charge in [0.15, 0.2) is 0 Å². The third-order valence-corrected chi connectivity index (χ3v) is 5.05. The quantitative estimate of drug-likeness (QED) is 0.917. The molecule has 0 spiro atoms. The molecule has 2 atom stereocenters. The van der Waals surface area contributed by atoms with Crippen molar-refractivity contribution in [1.82, 2.24) is 9.55 Å². The van der Waals surface area contributed by atoms with Crippen LogP contribution in [0.15, 0.2) is 16.5 Å². The van der Waals surface area contributed by atoms with Gasteiger partial charge in [-0.2, -0.15) is 0 Å². The van der Waals surface area contributed by atoms with E-state index in [4.69, 9.17) is 0 Å². The average Bonchev–Trinajstić information content (AvgIpc) is 2.78.